The zero-order chi connectivity index (χ0) is 17.6. The van der Waals surface area contributed by atoms with E-state index in [2.05, 4.69) is 4.98 Å². The van der Waals surface area contributed by atoms with Crippen molar-refractivity contribution in [2.75, 3.05) is 14.1 Å². The van der Waals surface area contributed by atoms with Crippen LogP contribution in [0.25, 0.3) is 21.8 Å². The van der Waals surface area contributed by atoms with Crippen molar-refractivity contribution >= 4 is 21.8 Å². The number of phenols is 1. The molecule has 24 heavy (non-hydrogen) atoms. The summed E-state index contributed by atoms with van der Waals surface area (Å²) >= 11 is 0. The standard InChI is InChI=1S/C17H18F3N3O/c1-10(22(2)3)9-23-14-8-11(24)4-5-12(14)13-6-7-21-16(15(13)23)17(18,19)20/h4-8,10,24H,9H2,1-3H3. The Bertz CT molecular complexity index is 899. The second-order valence-electron chi connectivity index (χ2n) is 6.18. The average molecular weight is 337 g/mol. The molecule has 1 N–H and O–H groups in total. The second-order valence-corrected chi connectivity index (χ2v) is 6.18. The van der Waals surface area contributed by atoms with Gasteiger partial charge in [0.1, 0.15) is 5.75 Å². The van der Waals surface area contributed by atoms with E-state index in [1.807, 2.05) is 25.9 Å². The van der Waals surface area contributed by atoms with Crippen LogP contribution in [0.5, 0.6) is 5.75 Å². The van der Waals surface area contributed by atoms with E-state index in [1.54, 1.807) is 16.7 Å². The van der Waals surface area contributed by atoms with Crippen molar-refractivity contribution in [1.29, 1.82) is 0 Å². The Balaban J connectivity index is 2.40. The largest absolute Gasteiger partial charge is 0.508 e. The van der Waals surface area contributed by atoms with Gasteiger partial charge in [0.25, 0.3) is 0 Å². The fourth-order valence-corrected chi connectivity index (χ4v) is 2.86. The van der Waals surface area contributed by atoms with E-state index in [9.17, 15) is 18.3 Å². The molecule has 0 aliphatic carbocycles. The van der Waals surface area contributed by atoms with Gasteiger partial charge in [0, 0.05) is 35.6 Å². The smallest absolute Gasteiger partial charge is 0.435 e. The Kier molecular flexibility index (Phi) is 3.91. The summed E-state index contributed by atoms with van der Waals surface area (Å²) < 4.78 is 42.0. The molecule has 0 saturated carbocycles. The van der Waals surface area contributed by atoms with Gasteiger partial charge in [0.15, 0.2) is 5.69 Å². The Morgan fingerprint density at radius 2 is 1.92 bits per heavy atom. The summed E-state index contributed by atoms with van der Waals surface area (Å²) in [4.78, 5) is 5.52. The first-order valence-corrected chi connectivity index (χ1v) is 7.53. The van der Waals surface area contributed by atoms with Crippen molar-refractivity contribution in [3.05, 3.63) is 36.2 Å². The van der Waals surface area contributed by atoms with Crippen LogP contribution in [0.1, 0.15) is 12.6 Å². The molecule has 128 valence electrons. The highest BCUT2D eigenvalue weighted by Gasteiger charge is 2.36. The van der Waals surface area contributed by atoms with Gasteiger partial charge >= 0.3 is 6.18 Å². The van der Waals surface area contributed by atoms with Crippen LogP contribution >= 0.6 is 0 Å². The number of hydrogen-bond acceptors (Lipinski definition) is 3. The Morgan fingerprint density at radius 1 is 1.21 bits per heavy atom. The summed E-state index contributed by atoms with van der Waals surface area (Å²) in [5, 5.41) is 10.9. The van der Waals surface area contributed by atoms with Crippen molar-refractivity contribution in [1.82, 2.24) is 14.5 Å². The van der Waals surface area contributed by atoms with Crippen molar-refractivity contribution in [3.63, 3.8) is 0 Å². The number of phenolic OH excluding ortho intramolecular Hbond substituents is 1. The zero-order valence-electron chi connectivity index (χ0n) is 13.6. The second kappa shape index (κ2) is 5.66. The molecule has 0 radical (unpaired) electrons. The average Bonchev–Trinajstić information content (AvgIpc) is 2.79. The van der Waals surface area contributed by atoms with Gasteiger partial charge in [-0.2, -0.15) is 13.2 Å². The summed E-state index contributed by atoms with van der Waals surface area (Å²) in [5.74, 6) is 0.0191. The van der Waals surface area contributed by atoms with Crippen LogP contribution in [-0.4, -0.2) is 39.7 Å². The number of hydrogen-bond donors (Lipinski definition) is 1. The van der Waals surface area contributed by atoms with E-state index in [0.29, 0.717) is 22.8 Å². The SMILES string of the molecule is CC(Cn1c2cc(O)ccc2c2ccnc(C(F)(F)F)c21)N(C)C. The van der Waals surface area contributed by atoms with E-state index in [1.165, 1.54) is 18.3 Å². The van der Waals surface area contributed by atoms with E-state index in [4.69, 9.17) is 0 Å². The molecule has 0 saturated heterocycles. The molecule has 0 aliphatic heterocycles. The first-order chi connectivity index (χ1) is 11.2. The summed E-state index contributed by atoms with van der Waals surface area (Å²) in [7, 11) is 3.75. The molecule has 2 heterocycles. The van der Waals surface area contributed by atoms with Crippen molar-refractivity contribution in [2.24, 2.45) is 0 Å². The maximum Gasteiger partial charge on any atom is 0.435 e. The number of halogens is 3. The molecule has 3 rings (SSSR count). The van der Waals surface area contributed by atoms with E-state index >= 15 is 0 Å². The van der Waals surface area contributed by atoms with E-state index in [-0.39, 0.29) is 17.3 Å². The quantitative estimate of drug-likeness (QED) is 0.789. The van der Waals surface area contributed by atoms with Crippen LogP contribution in [0.3, 0.4) is 0 Å². The third-order valence-electron chi connectivity index (χ3n) is 4.35. The maximum absolute atomic E-state index is 13.5. The Labute approximate surface area is 137 Å². The van der Waals surface area contributed by atoms with E-state index in [0.717, 1.165) is 0 Å². The third-order valence-corrected chi connectivity index (χ3v) is 4.35. The number of alkyl halides is 3. The number of benzene rings is 1. The minimum atomic E-state index is -4.55. The van der Waals surface area contributed by atoms with Crippen LogP contribution < -0.4 is 0 Å². The first-order valence-electron chi connectivity index (χ1n) is 7.53. The highest BCUT2D eigenvalue weighted by molar-refractivity contribution is 6.09. The molecule has 3 aromatic rings. The van der Waals surface area contributed by atoms with Gasteiger partial charge in [0.05, 0.1) is 11.0 Å². The first kappa shape index (κ1) is 16.6. The van der Waals surface area contributed by atoms with Crippen molar-refractivity contribution < 1.29 is 18.3 Å². The molecule has 0 spiro atoms. The van der Waals surface area contributed by atoms with Crippen LogP contribution in [0.2, 0.25) is 0 Å². The maximum atomic E-state index is 13.5. The van der Waals surface area contributed by atoms with Crippen molar-refractivity contribution in [3.8, 4) is 5.75 Å². The molecule has 0 fully saturated rings. The lowest BCUT2D eigenvalue weighted by molar-refractivity contribution is -0.140. The molecule has 0 aliphatic rings. The lowest BCUT2D eigenvalue weighted by atomic mass is 10.1. The lowest BCUT2D eigenvalue weighted by Gasteiger charge is -2.22. The van der Waals surface area contributed by atoms with Gasteiger partial charge in [-0.3, -0.25) is 0 Å². The normalized spacial score (nSPS) is 14.0. The van der Waals surface area contributed by atoms with E-state index < -0.39 is 11.9 Å². The van der Waals surface area contributed by atoms with Crippen LogP contribution in [-0.2, 0) is 12.7 Å². The number of likely N-dealkylation sites (N-methyl/N-ethyl adjacent to an activating group) is 1. The number of aromatic nitrogens is 2. The number of pyridine rings is 1. The van der Waals surface area contributed by atoms with Crippen LogP contribution in [0, 0.1) is 0 Å². The molecule has 4 nitrogen and oxygen atoms in total. The monoisotopic (exact) mass is 337 g/mol. The van der Waals surface area contributed by atoms with Crippen LogP contribution in [0.15, 0.2) is 30.5 Å². The Morgan fingerprint density at radius 3 is 2.54 bits per heavy atom. The molecule has 0 bridgehead atoms. The number of aromatic hydroxyl groups is 1. The van der Waals surface area contributed by atoms with Gasteiger partial charge in [-0.05, 0) is 39.2 Å². The summed E-state index contributed by atoms with van der Waals surface area (Å²) in [6, 6.07) is 6.21. The molecule has 7 heteroatoms. The molecule has 1 aromatic carbocycles. The molecular formula is C17H18F3N3O. The van der Waals surface area contributed by atoms with Gasteiger partial charge in [0.2, 0.25) is 0 Å². The summed E-state index contributed by atoms with van der Waals surface area (Å²) in [5.41, 5.74) is -0.279. The summed E-state index contributed by atoms with van der Waals surface area (Å²) in [6.45, 7) is 2.29. The summed E-state index contributed by atoms with van der Waals surface area (Å²) in [6.07, 6.45) is -3.37. The lowest BCUT2D eigenvalue weighted by Crippen LogP contribution is -2.29. The fourth-order valence-electron chi connectivity index (χ4n) is 2.86. The number of rotatable bonds is 3. The third kappa shape index (κ3) is 2.69. The molecule has 1 unspecified atom stereocenters. The number of fused-ring (bicyclic) bond motifs is 3. The zero-order valence-corrected chi connectivity index (χ0v) is 13.6. The molecule has 1 atom stereocenters. The van der Waals surface area contributed by atoms with Crippen LogP contribution in [0.4, 0.5) is 13.2 Å². The van der Waals surface area contributed by atoms with Gasteiger partial charge < -0.3 is 14.6 Å². The highest BCUT2D eigenvalue weighted by Crippen LogP contribution is 2.38. The van der Waals surface area contributed by atoms with Gasteiger partial charge in [-0.25, -0.2) is 4.98 Å². The highest BCUT2D eigenvalue weighted by atomic mass is 19.4. The number of nitrogens with zero attached hydrogens (tertiary/aromatic N) is 3. The minimum Gasteiger partial charge on any atom is -0.508 e. The topological polar surface area (TPSA) is 41.3 Å². The minimum absolute atomic E-state index is 0.00689. The molecule has 2 aromatic heterocycles. The molecule has 0 amide bonds. The predicted molar refractivity (Wildman–Crippen MR) is 87.1 cm³/mol. The fraction of sp³-hybridized carbons (Fsp3) is 0.353. The van der Waals surface area contributed by atoms with Gasteiger partial charge in [-0.15, -0.1) is 0 Å². The van der Waals surface area contributed by atoms with Crippen molar-refractivity contribution in [2.45, 2.75) is 25.7 Å². The predicted octanol–water partition coefficient (Wildman–Crippen LogP) is 3.86. The Hall–Kier alpha value is -2.28. The molecular weight excluding hydrogens is 319 g/mol. The van der Waals surface area contributed by atoms with Gasteiger partial charge in [-0.1, -0.05) is 0 Å².